The van der Waals surface area contributed by atoms with E-state index in [1.807, 2.05) is 6.07 Å². The molecule has 1 aromatic heterocycles. The maximum atomic E-state index is 13.3. The zero-order chi connectivity index (χ0) is 11.0. The highest BCUT2D eigenvalue weighted by molar-refractivity contribution is 5.83. The Morgan fingerprint density at radius 3 is 2.67 bits per heavy atom. The molecule has 0 spiro atoms. The van der Waals surface area contributed by atoms with Gasteiger partial charge < -0.3 is 0 Å². The van der Waals surface area contributed by atoms with Gasteiger partial charge in [0, 0.05) is 11.5 Å². The lowest BCUT2D eigenvalue weighted by Crippen LogP contribution is -1.92. The van der Waals surface area contributed by atoms with Gasteiger partial charge in [0.1, 0.15) is 23.1 Å². The molecule has 1 aromatic carbocycles. The van der Waals surface area contributed by atoms with Gasteiger partial charge >= 0.3 is 0 Å². The van der Waals surface area contributed by atoms with Crippen molar-refractivity contribution in [2.24, 2.45) is 0 Å². The molecule has 0 aliphatic rings. The highest BCUT2D eigenvalue weighted by atomic mass is 19.1. The Morgan fingerprint density at radius 2 is 2.00 bits per heavy atom. The fraction of sp³-hybridized carbons (Fsp3) is 0.0909. The summed E-state index contributed by atoms with van der Waals surface area (Å²) in [5.41, 5.74) is 0.799. The van der Waals surface area contributed by atoms with E-state index in [2.05, 4.69) is 4.98 Å². The Morgan fingerprint density at radius 1 is 1.27 bits per heavy atom. The van der Waals surface area contributed by atoms with Crippen molar-refractivity contribution in [1.82, 2.24) is 4.98 Å². The maximum absolute atomic E-state index is 13.3. The van der Waals surface area contributed by atoms with Gasteiger partial charge in [0.05, 0.1) is 0 Å². The summed E-state index contributed by atoms with van der Waals surface area (Å²) in [5, 5.41) is 9.05. The Bertz CT molecular complexity index is 585. The number of aryl methyl sites for hydroxylation is 1. The number of hydrogen-bond donors (Lipinski definition) is 0. The second kappa shape index (κ2) is 3.28. The summed E-state index contributed by atoms with van der Waals surface area (Å²) in [7, 11) is 0. The topological polar surface area (TPSA) is 36.7 Å². The summed E-state index contributed by atoms with van der Waals surface area (Å²) >= 11 is 0. The summed E-state index contributed by atoms with van der Waals surface area (Å²) in [6.07, 6.45) is 0. The molecular formula is C11H6F2N2. The molecular weight excluding hydrogens is 198 g/mol. The second-order valence-corrected chi connectivity index (χ2v) is 3.22. The fourth-order valence-electron chi connectivity index (χ4n) is 1.47. The van der Waals surface area contributed by atoms with Gasteiger partial charge in [-0.2, -0.15) is 5.26 Å². The van der Waals surface area contributed by atoms with Crippen LogP contribution in [0.5, 0.6) is 0 Å². The van der Waals surface area contributed by atoms with Crippen LogP contribution in [0.1, 0.15) is 11.3 Å². The van der Waals surface area contributed by atoms with Crippen molar-refractivity contribution in [3.05, 3.63) is 41.1 Å². The molecule has 0 atom stereocenters. The van der Waals surface area contributed by atoms with E-state index in [4.69, 9.17) is 5.26 Å². The predicted molar refractivity (Wildman–Crippen MR) is 51.1 cm³/mol. The molecule has 0 saturated carbocycles. The molecule has 1 heterocycles. The van der Waals surface area contributed by atoms with Crippen molar-refractivity contribution in [2.75, 3.05) is 0 Å². The molecule has 2 aromatic rings. The average molecular weight is 204 g/mol. The van der Waals surface area contributed by atoms with Crippen LogP contribution in [0, 0.1) is 29.9 Å². The minimum absolute atomic E-state index is 0.0351. The first-order valence-corrected chi connectivity index (χ1v) is 4.28. The largest absolute Gasteiger partial charge is 0.234 e. The van der Waals surface area contributed by atoms with Gasteiger partial charge in [-0.3, -0.25) is 0 Å². The lowest BCUT2D eigenvalue weighted by atomic mass is 10.1. The third-order valence-corrected chi connectivity index (χ3v) is 2.15. The minimum atomic E-state index is -0.745. The highest BCUT2D eigenvalue weighted by Crippen LogP contribution is 2.21. The van der Waals surface area contributed by atoms with E-state index in [0.29, 0.717) is 10.9 Å². The molecule has 0 aliphatic heterocycles. The van der Waals surface area contributed by atoms with E-state index in [9.17, 15) is 8.78 Å². The van der Waals surface area contributed by atoms with Gasteiger partial charge in [0.15, 0.2) is 5.82 Å². The van der Waals surface area contributed by atoms with Gasteiger partial charge in [-0.25, -0.2) is 13.8 Å². The lowest BCUT2D eigenvalue weighted by molar-refractivity contribution is 0.590. The highest BCUT2D eigenvalue weighted by Gasteiger charge is 2.09. The van der Waals surface area contributed by atoms with Crippen molar-refractivity contribution in [3.63, 3.8) is 0 Å². The van der Waals surface area contributed by atoms with Gasteiger partial charge in [-0.1, -0.05) is 0 Å². The van der Waals surface area contributed by atoms with E-state index in [0.717, 1.165) is 6.07 Å². The molecule has 2 nitrogen and oxygen atoms in total. The van der Waals surface area contributed by atoms with Crippen LogP contribution in [0.15, 0.2) is 18.2 Å². The van der Waals surface area contributed by atoms with Crippen LogP contribution >= 0.6 is 0 Å². The molecule has 0 saturated heterocycles. The van der Waals surface area contributed by atoms with E-state index in [-0.39, 0.29) is 11.2 Å². The Kier molecular flexibility index (Phi) is 2.09. The molecule has 0 amide bonds. The fourth-order valence-corrected chi connectivity index (χ4v) is 1.47. The number of pyridine rings is 1. The van der Waals surface area contributed by atoms with E-state index in [1.165, 1.54) is 12.1 Å². The number of aromatic nitrogens is 1. The summed E-state index contributed by atoms with van der Waals surface area (Å²) in [6, 6.07) is 5.30. The molecule has 0 aliphatic carbocycles. The molecule has 0 fully saturated rings. The van der Waals surface area contributed by atoms with E-state index >= 15 is 0 Å². The Labute approximate surface area is 84.8 Å². The van der Waals surface area contributed by atoms with Crippen LogP contribution in [0.25, 0.3) is 10.9 Å². The number of rotatable bonds is 0. The van der Waals surface area contributed by atoms with Gasteiger partial charge in [0.25, 0.3) is 0 Å². The zero-order valence-corrected chi connectivity index (χ0v) is 7.88. The van der Waals surface area contributed by atoms with Crippen molar-refractivity contribution in [3.8, 4) is 6.07 Å². The lowest BCUT2D eigenvalue weighted by Gasteiger charge is -2.03. The number of hydrogen-bond acceptors (Lipinski definition) is 2. The number of fused-ring (bicyclic) bond motifs is 1. The first kappa shape index (κ1) is 9.53. The van der Waals surface area contributed by atoms with Crippen LogP contribution in [0.4, 0.5) is 8.78 Å². The summed E-state index contributed by atoms with van der Waals surface area (Å²) in [4.78, 5) is 3.79. The maximum Gasteiger partial charge on any atom is 0.152 e. The Hall–Kier alpha value is -2.02. The van der Waals surface area contributed by atoms with E-state index < -0.39 is 11.6 Å². The number of nitrogens with zero attached hydrogens (tertiary/aromatic N) is 2. The molecule has 74 valence electrons. The quantitative estimate of drug-likeness (QED) is 0.661. The summed E-state index contributed by atoms with van der Waals surface area (Å²) in [5.74, 6) is -1.39. The molecule has 2 rings (SSSR count). The third-order valence-electron chi connectivity index (χ3n) is 2.15. The average Bonchev–Trinajstić information content (AvgIpc) is 2.19. The Balaban J connectivity index is 2.93. The van der Waals surface area contributed by atoms with Crippen molar-refractivity contribution in [2.45, 2.75) is 6.92 Å². The van der Waals surface area contributed by atoms with Gasteiger partial charge in [-0.15, -0.1) is 0 Å². The molecule has 4 heteroatoms. The van der Waals surface area contributed by atoms with Crippen molar-refractivity contribution in [1.29, 1.82) is 5.26 Å². The monoisotopic (exact) mass is 204 g/mol. The SMILES string of the molecule is Cc1cc(C#N)nc2c(F)cc(F)cc12. The van der Waals surface area contributed by atoms with E-state index in [1.54, 1.807) is 6.92 Å². The van der Waals surface area contributed by atoms with Crippen LogP contribution in [-0.2, 0) is 0 Å². The van der Waals surface area contributed by atoms with Gasteiger partial charge in [0.2, 0.25) is 0 Å². The summed E-state index contributed by atoms with van der Waals surface area (Å²) < 4.78 is 26.3. The van der Waals surface area contributed by atoms with Crippen molar-refractivity contribution >= 4 is 10.9 Å². The standard InChI is InChI=1S/C11H6F2N2/c1-6-2-8(5-14)15-11-9(6)3-7(12)4-10(11)13/h2-4H,1H3. The van der Waals surface area contributed by atoms with Gasteiger partial charge in [-0.05, 0) is 24.6 Å². The first-order chi connectivity index (χ1) is 7.11. The second-order valence-electron chi connectivity index (χ2n) is 3.22. The summed E-state index contributed by atoms with van der Waals surface area (Å²) in [6.45, 7) is 1.68. The smallest absolute Gasteiger partial charge is 0.152 e. The normalized spacial score (nSPS) is 10.3. The predicted octanol–water partition coefficient (Wildman–Crippen LogP) is 2.69. The first-order valence-electron chi connectivity index (χ1n) is 4.28. The molecule has 0 bridgehead atoms. The number of nitriles is 1. The molecule has 0 unspecified atom stereocenters. The number of benzene rings is 1. The van der Waals surface area contributed by atoms with Crippen LogP contribution < -0.4 is 0 Å². The molecule has 15 heavy (non-hydrogen) atoms. The van der Waals surface area contributed by atoms with Crippen molar-refractivity contribution < 1.29 is 8.78 Å². The zero-order valence-electron chi connectivity index (χ0n) is 7.88. The van der Waals surface area contributed by atoms with Crippen LogP contribution in [0.2, 0.25) is 0 Å². The molecule has 0 radical (unpaired) electrons. The number of halogens is 2. The van der Waals surface area contributed by atoms with Crippen LogP contribution in [-0.4, -0.2) is 4.98 Å². The molecule has 0 N–H and O–H groups in total. The van der Waals surface area contributed by atoms with Crippen LogP contribution in [0.3, 0.4) is 0 Å². The third kappa shape index (κ3) is 1.52. The minimum Gasteiger partial charge on any atom is -0.234 e.